The Bertz CT molecular complexity index is 1510. The summed E-state index contributed by atoms with van der Waals surface area (Å²) >= 11 is 0. The molecule has 3 heteroatoms. The van der Waals surface area contributed by atoms with Gasteiger partial charge in [-0.3, -0.25) is 4.98 Å². The summed E-state index contributed by atoms with van der Waals surface area (Å²) in [5, 5.41) is 0. The molecule has 1 aromatic heterocycles. The molecule has 0 bridgehead atoms. The van der Waals surface area contributed by atoms with Gasteiger partial charge in [-0.2, -0.15) is 0 Å². The van der Waals surface area contributed by atoms with E-state index in [1.54, 1.807) is 0 Å². The number of hydrogen-bond acceptors (Lipinski definition) is 2. The number of halogens is 1. The van der Waals surface area contributed by atoms with Crippen molar-refractivity contribution in [3.63, 3.8) is 0 Å². The van der Waals surface area contributed by atoms with Gasteiger partial charge in [0.1, 0.15) is 0 Å². The smallest absolute Gasteiger partial charge is 0.181 e. The molecule has 2 heterocycles. The summed E-state index contributed by atoms with van der Waals surface area (Å²) in [6, 6.07) is 38.7. The van der Waals surface area contributed by atoms with Crippen molar-refractivity contribution < 1.29 is 4.39 Å². The number of benzene rings is 4. The summed E-state index contributed by atoms with van der Waals surface area (Å²) in [6.45, 7) is 0.858. The second kappa shape index (κ2) is 10.4. The van der Waals surface area contributed by atoms with Crippen LogP contribution in [0.3, 0.4) is 0 Å². The first-order valence-corrected chi connectivity index (χ1v) is 14.5. The molecule has 198 valence electrons. The van der Waals surface area contributed by atoms with Crippen LogP contribution in [-0.4, -0.2) is 17.6 Å². The molecule has 7 rings (SSSR count). The Balaban J connectivity index is 1.33. The molecule has 2 aliphatic rings. The van der Waals surface area contributed by atoms with Crippen LogP contribution in [0.15, 0.2) is 121 Å². The van der Waals surface area contributed by atoms with Gasteiger partial charge in [-0.1, -0.05) is 109 Å². The molecule has 5 aromatic rings. The first-order valence-electron chi connectivity index (χ1n) is 14.5. The van der Waals surface area contributed by atoms with Crippen LogP contribution < -0.4 is 4.90 Å². The highest BCUT2D eigenvalue weighted by molar-refractivity contribution is 5.66. The van der Waals surface area contributed by atoms with Gasteiger partial charge in [-0.25, -0.2) is 4.39 Å². The Morgan fingerprint density at radius 1 is 0.625 bits per heavy atom. The fourth-order valence-electron chi connectivity index (χ4n) is 6.81. The molecule has 1 aliphatic heterocycles. The van der Waals surface area contributed by atoms with E-state index in [-0.39, 0.29) is 6.04 Å². The molecule has 1 fully saturated rings. The second-order valence-corrected chi connectivity index (χ2v) is 11.1. The van der Waals surface area contributed by atoms with Gasteiger partial charge in [0.25, 0.3) is 0 Å². The monoisotopic (exact) mass is 524 g/mol. The average Bonchev–Trinajstić information content (AvgIpc) is 3.72. The number of aromatic nitrogens is 1. The molecule has 40 heavy (non-hydrogen) atoms. The normalized spacial score (nSPS) is 16.7. The van der Waals surface area contributed by atoms with Crippen LogP contribution in [0.5, 0.6) is 0 Å². The predicted octanol–water partition coefficient (Wildman–Crippen LogP) is 8.79. The topological polar surface area (TPSA) is 16.1 Å². The first kappa shape index (κ1) is 24.8. The van der Waals surface area contributed by atoms with E-state index in [1.807, 2.05) is 66.9 Å². The van der Waals surface area contributed by atoms with Gasteiger partial charge in [0, 0.05) is 24.1 Å². The van der Waals surface area contributed by atoms with Crippen molar-refractivity contribution in [2.45, 2.75) is 43.8 Å². The van der Waals surface area contributed by atoms with Crippen LogP contribution >= 0.6 is 0 Å². The minimum absolute atomic E-state index is 0.301. The molecular formula is C37H33FN2. The minimum Gasteiger partial charge on any atom is -0.364 e. The van der Waals surface area contributed by atoms with Crippen molar-refractivity contribution in [1.82, 2.24) is 4.98 Å². The second-order valence-electron chi connectivity index (χ2n) is 11.1. The number of aryl methyl sites for hydroxylation is 1. The lowest BCUT2D eigenvalue weighted by Crippen LogP contribution is -2.46. The third-order valence-electron chi connectivity index (χ3n) is 8.81. The van der Waals surface area contributed by atoms with Gasteiger partial charge in [-0.05, 0) is 77.1 Å². The molecule has 2 nitrogen and oxygen atoms in total. The Hall–Kier alpha value is -4.24. The number of nitrogens with zero attached hydrogens (tertiary/aromatic N) is 2. The molecule has 1 atom stereocenters. The number of rotatable bonds is 6. The summed E-state index contributed by atoms with van der Waals surface area (Å²) in [5.41, 5.74) is 7.90. The molecule has 0 amide bonds. The van der Waals surface area contributed by atoms with Crippen LogP contribution in [0.2, 0.25) is 0 Å². The van der Waals surface area contributed by atoms with Crippen LogP contribution in [0.4, 0.5) is 10.1 Å². The fraction of sp³-hybridized carbons (Fsp3) is 0.216. The number of fused-ring (bicyclic) bond motifs is 1. The quantitative estimate of drug-likeness (QED) is 0.221. The average molecular weight is 525 g/mol. The molecular weight excluding hydrogens is 491 g/mol. The molecule has 0 N–H and O–H groups in total. The number of alkyl halides is 1. The number of anilines is 1. The molecule has 4 aromatic carbocycles. The molecule has 0 saturated carbocycles. The summed E-state index contributed by atoms with van der Waals surface area (Å²) in [6.07, 6.45) is 6.85. The van der Waals surface area contributed by atoms with E-state index >= 15 is 4.39 Å². The summed E-state index contributed by atoms with van der Waals surface area (Å²) in [4.78, 5) is 7.00. The standard InChI is InChI=1S/C37H33FN2/c38-37(31-20-16-29(17-21-31)27-9-3-1-4-10-27,32-22-18-30(19-23-32)28-11-5-2-6-12-28)36-15-8-26-40(36)35-24-25-39-34-14-7-13-33(34)35/h1-6,9-12,16-25,36H,7-8,13-15,26H2/t36-/m0/s1. The number of hydrogen-bond donors (Lipinski definition) is 0. The highest BCUT2D eigenvalue weighted by Crippen LogP contribution is 2.47. The largest absolute Gasteiger partial charge is 0.364 e. The highest BCUT2D eigenvalue weighted by atomic mass is 19.1. The van der Waals surface area contributed by atoms with Crippen molar-refractivity contribution >= 4 is 5.69 Å². The molecule has 1 aliphatic carbocycles. The van der Waals surface area contributed by atoms with Gasteiger partial charge in [-0.15, -0.1) is 0 Å². The van der Waals surface area contributed by atoms with Gasteiger partial charge in [0.2, 0.25) is 0 Å². The van der Waals surface area contributed by atoms with E-state index in [2.05, 4.69) is 64.5 Å². The van der Waals surface area contributed by atoms with Gasteiger partial charge in [0.15, 0.2) is 5.67 Å². The molecule has 0 spiro atoms. The molecule has 1 saturated heterocycles. The van der Waals surface area contributed by atoms with E-state index in [4.69, 9.17) is 0 Å². The van der Waals surface area contributed by atoms with Crippen LogP contribution in [0.1, 0.15) is 41.6 Å². The molecule has 0 unspecified atom stereocenters. The first-order chi connectivity index (χ1) is 19.7. The van der Waals surface area contributed by atoms with Gasteiger partial charge >= 0.3 is 0 Å². The van der Waals surface area contributed by atoms with E-state index in [0.29, 0.717) is 11.1 Å². The lowest BCUT2D eigenvalue weighted by Gasteiger charge is -2.40. The van der Waals surface area contributed by atoms with Crippen molar-refractivity contribution in [2.24, 2.45) is 0 Å². The van der Waals surface area contributed by atoms with Gasteiger partial charge in [0.05, 0.1) is 6.04 Å². The Morgan fingerprint density at radius 2 is 1.18 bits per heavy atom. The van der Waals surface area contributed by atoms with Crippen molar-refractivity contribution in [3.05, 3.63) is 144 Å². The van der Waals surface area contributed by atoms with E-state index in [1.165, 1.54) is 16.9 Å². The van der Waals surface area contributed by atoms with E-state index in [0.717, 1.165) is 60.9 Å². The zero-order chi connectivity index (χ0) is 26.9. The lowest BCUT2D eigenvalue weighted by molar-refractivity contribution is 0.177. The Labute approximate surface area is 236 Å². The maximum absolute atomic E-state index is 18.3. The van der Waals surface area contributed by atoms with Crippen LogP contribution in [-0.2, 0) is 18.5 Å². The third kappa shape index (κ3) is 4.30. The Kier molecular flexibility index (Phi) is 6.43. The van der Waals surface area contributed by atoms with Crippen molar-refractivity contribution in [3.8, 4) is 22.3 Å². The summed E-state index contributed by atoms with van der Waals surface area (Å²) < 4.78 is 18.3. The predicted molar refractivity (Wildman–Crippen MR) is 162 cm³/mol. The third-order valence-corrected chi connectivity index (χ3v) is 8.81. The highest BCUT2D eigenvalue weighted by Gasteiger charge is 2.48. The summed E-state index contributed by atoms with van der Waals surface area (Å²) in [5.74, 6) is 0. The van der Waals surface area contributed by atoms with Crippen LogP contribution in [0.25, 0.3) is 22.3 Å². The van der Waals surface area contributed by atoms with Crippen LogP contribution in [0, 0.1) is 0 Å². The Morgan fingerprint density at radius 3 is 1.75 bits per heavy atom. The fourth-order valence-corrected chi connectivity index (χ4v) is 6.81. The van der Waals surface area contributed by atoms with E-state index in [9.17, 15) is 0 Å². The summed E-state index contributed by atoms with van der Waals surface area (Å²) in [7, 11) is 0. The zero-order valence-corrected chi connectivity index (χ0v) is 22.6. The van der Waals surface area contributed by atoms with Crippen molar-refractivity contribution in [2.75, 3.05) is 11.4 Å². The van der Waals surface area contributed by atoms with Gasteiger partial charge < -0.3 is 4.90 Å². The lowest BCUT2D eigenvalue weighted by atomic mass is 9.79. The van der Waals surface area contributed by atoms with Crippen molar-refractivity contribution in [1.29, 1.82) is 0 Å². The molecule has 0 radical (unpaired) electrons. The minimum atomic E-state index is -1.67. The van der Waals surface area contributed by atoms with E-state index < -0.39 is 5.67 Å². The maximum Gasteiger partial charge on any atom is 0.181 e. The zero-order valence-electron chi connectivity index (χ0n) is 22.6. The number of pyridine rings is 1. The maximum atomic E-state index is 18.3. The SMILES string of the molecule is FC(c1ccc(-c2ccccc2)cc1)(c1ccc(-c2ccccc2)cc1)[C@@H]1CCCN1c1ccnc2c1CCC2.